The summed E-state index contributed by atoms with van der Waals surface area (Å²) in [6.07, 6.45) is 11.8. The third-order valence-electron chi connectivity index (χ3n) is 3.26. The first-order valence-corrected chi connectivity index (χ1v) is 7.52. The van der Waals surface area contributed by atoms with Gasteiger partial charge in [0.1, 0.15) is 5.79 Å². The summed E-state index contributed by atoms with van der Waals surface area (Å²) in [4.78, 5) is 10.4. The highest BCUT2D eigenvalue weighted by Gasteiger charge is 2.18. The van der Waals surface area contributed by atoms with Crippen LogP contribution in [0.4, 0.5) is 0 Å². The number of nitrogens with two attached hydrogens (primary N) is 2. The quantitative estimate of drug-likeness (QED) is 0.304. The second-order valence-electron chi connectivity index (χ2n) is 5.37. The Kier molecular flexibility index (Phi) is 10.8. The Morgan fingerprint density at radius 3 is 1.95 bits per heavy atom. The Morgan fingerprint density at radius 2 is 1.47 bits per heavy atom. The summed E-state index contributed by atoms with van der Waals surface area (Å²) in [6.45, 7) is 2.04. The number of carboxylic acids is 1. The van der Waals surface area contributed by atoms with Gasteiger partial charge in [-0.1, -0.05) is 58.3 Å². The molecule has 0 heterocycles. The van der Waals surface area contributed by atoms with E-state index in [-0.39, 0.29) is 6.54 Å². The number of carboxylic acid groups (broad SMARTS) is 1. The summed E-state index contributed by atoms with van der Waals surface area (Å²) in [6, 6.07) is 0. The Morgan fingerprint density at radius 1 is 1.00 bits per heavy atom. The van der Waals surface area contributed by atoms with Gasteiger partial charge in [0.2, 0.25) is 0 Å². The van der Waals surface area contributed by atoms with Gasteiger partial charge >= 0.3 is 5.97 Å². The van der Waals surface area contributed by atoms with E-state index in [0.717, 1.165) is 12.8 Å². The van der Waals surface area contributed by atoms with Crippen LogP contribution in [0.25, 0.3) is 0 Å². The normalized spacial score (nSPS) is 11.7. The molecule has 5 heteroatoms. The van der Waals surface area contributed by atoms with Crippen LogP contribution in [0.15, 0.2) is 0 Å². The lowest BCUT2D eigenvalue weighted by Gasteiger charge is -2.25. The molecule has 0 atom stereocenters. The molecule has 0 saturated carbocycles. The lowest BCUT2D eigenvalue weighted by Crippen LogP contribution is -2.62. The standard InChI is InChI=1S/C14H31N3O2/c1-2-3-4-5-6-7-8-9-10-11-14(15,16)17-12-13(18)19/h17H,2-12,15-16H2,1H3,(H,18,19). The topological polar surface area (TPSA) is 101 Å². The van der Waals surface area contributed by atoms with Crippen molar-refractivity contribution in [1.29, 1.82) is 0 Å². The molecule has 0 rings (SSSR count). The number of hydrogen-bond acceptors (Lipinski definition) is 4. The minimum atomic E-state index is -1.06. The molecule has 5 nitrogen and oxygen atoms in total. The zero-order valence-electron chi connectivity index (χ0n) is 12.3. The Labute approximate surface area is 117 Å². The van der Waals surface area contributed by atoms with Gasteiger partial charge in [0, 0.05) is 0 Å². The lowest BCUT2D eigenvalue weighted by molar-refractivity contribution is -0.136. The Hall–Kier alpha value is -0.650. The van der Waals surface area contributed by atoms with E-state index < -0.39 is 11.8 Å². The van der Waals surface area contributed by atoms with Gasteiger partial charge in [-0.15, -0.1) is 0 Å². The number of nitrogens with one attached hydrogen (secondary N) is 1. The third-order valence-corrected chi connectivity index (χ3v) is 3.26. The van der Waals surface area contributed by atoms with Gasteiger partial charge in [-0.05, 0) is 12.8 Å². The van der Waals surface area contributed by atoms with Crippen molar-refractivity contribution < 1.29 is 9.90 Å². The van der Waals surface area contributed by atoms with Crippen LogP contribution in [0.1, 0.15) is 71.1 Å². The van der Waals surface area contributed by atoms with Gasteiger partial charge < -0.3 is 16.6 Å². The molecule has 0 aliphatic carbocycles. The summed E-state index contributed by atoms with van der Waals surface area (Å²) in [5.74, 6) is -1.99. The fourth-order valence-electron chi connectivity index (χ4n) is 2.06. The van der Waals surface area contributed by atoms with Crippen LogP contribution in [0.3, 0.4) is 0 Å². The molecule has 0 radical (unpaired) electrons. The minimum Gasteiger partial charge on any atom is -0.480 e. The van der Waals surface area contributed by atoms with Crippen molar-refractivity contribution in [1.82, 2.24) is 5.32 Å². The molecule has 0 spiro atoms. The van der Waals surface area contributed by atoms with E-state index in [0.29, 0.717) is 6.42 Å². The molecule has 0 aromatic rings. The average molecular weight is 273 g/mol. The van der Waals surface area contributed by atoms with Crippen molar-refractivity contribution in [2.45, 2.75) is 76.9 Å². The monoisotopic (exact) mass is 273 g/mol. The first-order chi connectivity index (χ1) is 8.98. The maximum absolute atomic E-state index is 10.4. The van der Waals surface area contributed by atoms with Crippen molar-refractivity contribution in [2.75, 3.05) is 6.54 Å². The van der Waals surface area contributed by atoms with Crippen LogP contribution in [0.2, 0.25) is 0 Å². The highest BCUT2D eigenvalue weighted by atomic mass is 16.4. The summed E-state index contributed by atoms with van der Waals surface area (Å²) < 4.78 is 0. The Balaban J connectivity index is 3.35. The smallest absolute Gasteiger partial charge is 0.317 e. The van der Waals surface area contributed by atoms with E-state index in [1.54, 1.807) is 0 Å². The summed E-state index contributed by atoms with van der Waals surface area (Å²) in [7, 11) is 0. The number of aliphatic carboxylic acids is 1. The first-order valence-electron chi connectivity index (χ1n) is 7.52. The molecular weight excluding hydrogens is 242 g/mol. The first kappa shape index (κ1) is 18.4. The van der Waals surface area contributed by atoms with E-state index in [1.165, 1.54) is 44.9 Å². The minimum absolute atomic E-state index is 0.190. The molecule has 0 aromatic carbocycles. The number of rotatable bonds is 13. The van der Waals surface area contributed by atoms with Crippen LogP contribution in [-0.2, 0) is 4.79 Å². The summed E-state index contributed by atoms with van der Waals surface area (Å²) in [5, 5.41) is 11.2. The second kappa shape index (κ2) is 11.2. The molecule has 6 N–H and O–H groups in total. The van der Waals surface area contributed by atoms with E-state index in [2.05, 4.69) is 12.2 Å². The number of carbonyl (C=O) groups is 1. The van der Waals surface area contributed by atoms with Gasteiger partial charge in [0.25, 0.3) is 0 Å². The van der Waals surface area contributed by atoms with Crippen LogP contribution >= 0.6 is 0 Å². The second-order valence-corrected chi connectivity index (χ2v) is 5.37. The van der Waals surface area contributed by atoms with Crippen LogP contribution < -0.4 is 16.8 Å². The molecule has 0 aliphatic rings. The van der Waals surface area contributed by atoms with Crippen LogP contribution in [0, 0.1) is 0 Å². The largest absolute Gasteiger partial charge is 0.480 e. The Bertz CT molecular complexity index is 233. The predicted octanol–water partition coefficient (Wildman–Crippen LogP) is 2.15. The highest BCUT2D eigenvalue weighted by Crippen LogP contribution is 2.11. The number of hydrogen-bond donors (Lipinski definition) is 4. The fraction of sp³-hybridized carbons (Fsp3) is 0.929. The SMILES string of the molecule is CCCCCCCCCCCC(N)(N)NCC(=O)O. The van der Waals surface area contributed by atoms with Crippen molar-refractivity contribution >= 4 is 5.97 Å². The maximum atomic E-state index is 10.4. The molecule has 0 aromatic heterocycles. The predicted molar refractivity (Wildman–Crippen MR) is 78.6 cm³/mol. The highest BCUT2D eigenvalue weighted by molar-refractivity contribution is 5.69. The summed E-state index contributed by atoms with van der Waals surface area (Å²) in [5.41, 5.74) is 11.5. The zero-order valence-corrected chi connectivity index (χ0v) is 12.3. The van der Waals surface area contributed by atoms with Crippen molar-refractivity contribution in [2.24, 2.45) is 11.5 Å². The molecule has 0 bridgehead atoms. The van der Waals surface area contributed by atoms with Crippen molar-refractivity contribution in [3.63, 3.8) is 0 Å². The van der Waals surface area contributed by atoms with Gasteiger partial charge in [-0.3, -0.25) is 10.1 Å². The van der Waals surface area contributed by atoms with E-state index in [4.69, 9.17) is 16.6 Å². The fourth-order valence-corrected chi connectivity index (χ4v) is 2.06. The average Bonchev–Trinajstić information content (AvgIpc) is 2.34. The van der Waals surface area contributed by atoms with Crippen LogP contribution in [-0.4, -0.2) is 23.4 Å². The van der Waals surface area contributed by atoms with E-state index >= 15 is 0 Å². The molecule has 19 heavy (non-hydrogen) atoms. The molecule has 0 unspecified atom stereocenters. The molecular formula is C14H31N3O2. The summed E-state index contributed by atoms with van der Waals surface area (Å²) >= 11 is 0. The maximum Gasteiger partial charge on any atom is 0.317 e. The van der Waals surface area contributed by atoms with Crippen molar-refractivity contribution in [3.05, 3.63) is 0 Å². The van der Waals surface area contributed by atoms with E-state index in [1.807, 2.05) is 0 Å². The van der Waals surface area contributed by atoms with Gasteiger partial charge in [-0.25, -0.2) is 0 Å². The van der Waals surface area contributed by atoms with Crippen LogP contribution in [0.5, 0.6) is 0 Å². The molecule has 0 amide bonds. The van der Waals surface area contributed by atoms with Gasteiger partial charge in [-0.2, -0.15) is 0 Å². The van der Waals surface area contributed by atoms with Crippen molar-refractivity contribution in [3.8, 4) is 0 Å². The molecule has 114 valence electrons. The van der Waals surface area contributed by atoms with Gasteiger partial charge in [0.05, 0.1) is 6.54 Å². The third kappa shape index (κ3) is 13.6. The number of unbranched alkanes of at least 4 members (excludes halogenated alkanes) is 8. The molecule has 0 fully saturated rings. The molecule has 0 aliphatic heterocycles. The van der Waals surface area contributed by atoms with E-state index in [9.17, 15) is 4.79 Å². The zero-order chi connectivity index (χ0) is 14.6. The molecule has 0 saturated heterocycles. The lowest BCUT2D eigenvalue weighted by atomic mass is 10.0. The van der Waals surface area contributed by atoms with Gasteiger partial charge in [0.15, 0.2) is 0 Å².